The molecule has 0 aromatic heterocycles. The van der Waals surface area contributed by atoms with Crippen LogP contribution in [0.2, 0.25) is 0 Å². The number of hydrogen-bond donors (Lipinski definition) is 2. The van der Waals surface area contributed by atoms with Crippen molar-refractivity contribution < 1.29 is 9.59 Å². The fourth-order valence-corrected chi connectivity index (χ4v) is 3.25. The second-order valence-corrected chi connectivity index (χ2v) is 7.92. The van der Waals surface area contributed by atoms with Crippen LogP contribution in [0.5, 0.6) is 0 Å². The van der Waals surface area contributed by atoms with Crippen LogP contribution < -0.4 is 10.6 Å². The summed E-state index contributed by atoms with van der Waals surface area (Å²) in [5.74, 6) is -0.00350. The van der Waals surface area contributed by atoms with Crippen molar-refractivity contribution in [2.75, 3.05) is 6.54 Å². The molecule has 4 nitrogen and oxygen atoms in total. The van der Waals surface area contributed by atoms with Crippen molar-refractivity contribution in [1.82, 2.24) is 10.6 Å². The Morgan fingerprint density at radius 1 is 1.08 bits per heavy atom. The second kappa shape index (κ2) is 11.5. The Morgan fingerprint density at radius 3 is 2.38 bits per heavy atom. The highest BCUT2D eigenvalue weighted by Gasteiger charge is 2.31. The molecule has 0 aromatic carbocycles. The normalized spacial score (nSPS) is 18.8. The van der Waals surface area contributed by atoms with Crippen molar-refractivity contribution in [3.05, 3.63) is 0 Å². The molecule has 1 saturated heterocycles. The van der Waals surface area contributed by atoms with Crippen LogP contribution in [-0.2, 0) is 9.59 Å². The average Bonchev–Trinajstić information content (AvgIpc) is 2.75. The highest BCUT2D eigenvalue weighted by molar-refractivity contribution is 5.89. The number of carbonyl (C=O) groups is 2. The van der Waals surface area contributed by atoms with Gasteiger partial charge in [0.15, 0.2) is 0 Å². The van der Waals surface area contributed by atoms with Gasteiger partial charge in [-0.3, -0.25) is 9.59 Å². The zero-order valence-electron chi connectivity index (χ0n) is 16.1. The Labute approximate surface area is 148 Å². The van der Waals surface area contributed by atoms with Crippen LogP contribution in [0.3, 0.4) is 0 Å². The summed E-state index contributed by atoms with van der Waals surface area (Å²) >= 11 is 0. The molecule has 1 atom stereocenters. The Bertz CT molecular complexity index is 380. The van der Waals surface area contributed by atoms with Crippen molar-refractivity contribution in [3.63, 3.8) is 0 Å². The molecule has 0 unspecified atom stereocenters. The fraction of sp³-hybridized carbons (Fsp3) is 0.900. The highest BCUT2D eigenvalue weighted by atomic mass is 16.2. The minimum absolute atomic E-state index is 0.0208. The van der Waals surface area contributed by atoms with Gasteiger partial charge in [0.2, 0.25) is 11.8 Å². The summed E-state index contributed by atoms with van der Waals surface area (Å²) in [6.45, 7) is 6.97. The molecule has 0 aromatic rings. The predicted octanol–water partition coefficient (Wildman–Crippen LogP) is 4.33. The van der Waals surface area contributed by atoms with Gasteiger partial charge in [0.1, 0.15) is 6.04 Å². The van der Waals surface area contributed by atoms with E-state index >= 15 is 0 Å². The highest BCUT2D eigenvalue weighted by Crippen LogP contribution is 2.25. The third kappa shape index (κ3) is 8.16. The lowest BCUT2D eigenvalue weighted by Crippen LogP contribution is -2.49. The SMILES string of the molecule is CCCCCCCCCCC(C)(C)C(=O)N[C@H]1CCCCNC1=O. The van der Waals surface area contributed by atoms with E-state index in [9.17, 15) is 9.59 Å². The van der Waals surface area contributed by atoms with Gasteiger partial charge in [0.25, 0.3) is 0 Å². The van der Waals surface area contributed by atoms with E-state index in [0.717, 1.165) is 38.6 Å². The molecule has 1 fully saturated rings. The number of rotatable bonds is 11. The summed E-state index contributed by atoms with van der Waals surface area (Å²) in [6.07, 6.45) is 13.8. The fourth-order valence-electron chi connectivity index (χ4n) is 3.25. The molecule has 0 bridgehead atoms. The maximum absolute atomic E-state index is 12.5. The van der Waals surface area contributed by atoms with E-state index < -0.39 is 5.41 Å². The van der Waals surface area contributed by atoms with Crippen molar-refractivity contribution >= 4 is 11.8 Å². The number of hydrogen-bond acceptors (Lipinski definition) is 2. The van der Waals surface area contributed by atoms with Gasteiger partial charge in [-0.15, -0.1) is 0 Å². The van der Waals surface area contributed by atoms with Crippen molar-refractivity contribution in [1.29, 1.82) is 0 Å². The van der Waals surface area contributed by atoms with E-state index in [1.807, 2.05) is 13.8 Å². The standard InChI is InChI=1S/C20H38N2O2/c1-4-5-6-7-8-9-10-12-15-20(2,3)19(24)22-17-14-11-13-16-21-18(17)23/h17H,4-16H2,1-3H3,(H,21,23)(H,22,24)/t17-/m0/s1. The molecule has 1 rings (SSSR count). The van der Waals surface area contributed by atoms with E-state index in [0.29, 0.717) is 0 Å². The molecular formula is C20H38N2O2. The quantitative estimate of drug-likeness (QED) is 0.551. The first-order chi connectivity index (χ1) is 11.5. The maximum atomic E-state index is 12.5. The molecule has 1 aliphatic heterocycles. The summed E-state index contributed by atoms with van der Waals surface area (Å²) in [5.41, 5.74) is -0.394. The lowest BCUT2D eigenvalue weighted by atomic mass is 9.85. The van der Waals surface area contributed by atoms with Crippen LogP contribution in [-0.4, -0.2) is 24.4 Å². The van der Waals surface area contributed by atoms with Gasteiger partial charge in [-0.05, 0) is 25.7 Å². The molecular weight excluding hydrogens is 300 g/mol. The molecule has 0 spiro atoms. The number of amides is 2. The summed E-state index contributed by atoms with van der Waals surface area (Å²) < 4.78 is 0. The molecule has 24 heavy (non-hydrogen) atoms. The molecule has 0 radical (unpaired) electrons. The predicted molar refractivity (Wildman–Crippen MR) is 99.8 cm³/mol. The number of unbranched alkanes of at least 4 members (excludes halogenated alkanes) is 7. The number of nitrogens with one attached hydrogen (secondary N) is 2. The van der Waals surface area contributed by atoms with E-state index in [-0.39, 0.29) is 17.9 Å². The maximum Gasteiger partial charge on any atom is 0.242 e. The molecule has 0 saturated carbocycles. The Hall–Kier alpha value is -1.06. The van der Waals surface area contributed by atoms with E-state index in [2.05, 4.69) is 17.6 Å². The van der Waals surface area contributed by atoms with E-state index in [1.54, 1.807) is 0 Å². The van der Waals surface area contributed by atoms with Gasteiger partial charge in [-0.1, -0.05) is 72.1 Å². The molecule has 4 heteroatoms. The minimum atomic E-state index is -0.394. The zero-order chi connectivity index (χ0) is 17.8. The molecule has 2 amide bonds. The van der Waals surface area contributed by atoms with Gasteiger partial charge < -0.3 is 10.6 Å². The zero-order valence-corrected chi connectivity index (χ0v) is 16.1. The van der Waals surface area contributed by atoms with Gasteiger partial charge in [0.05, 0.1) is 0 Å². The van der Waals surface area contributed by atoms with Crippen LogP contribution >= 0.6 is 0 Å². The summed E-state index contributed by atoms with van der Waals surface area (Å²) in [5, 5.41) is 5.85. The Kier molecular flexibility index (Phi) is 10.0. The molecule has 1 aliphatic rings. The van der Waals surface area contributed by atoms with E-state index in [1.165, 1.54) is 44.9 Å². The first kappa shape index (κ1) is 21.0. The Balaban J connectivity index is 2.23. The second-order valence-electron chi connectivity index (χ2n) is 7.92. The Morgan fingerprint density at radius 2 is 1.71 bits per heavy atom. The molecule has 2 N–H and O–H groups in total. The third-order valence-electron chi connectivity index (χ3n) is 5.11. The van der Waals surface area contributed by atoms with Crippen LogP contribution in [0.4, 0.5) is 0 Å². The van der Waals surface area contributed by atoms with Gasteiger partial charge in [-0.2, -0.15) is 0 Å². The smallest absolute Gasteiger partial charge is 0.242 e. The average molecular weight is 339 g/mol. The van der Waals surface area contributed by atoms with Crippen LogP contribution in [0, 0.1) is 5.41 Å². The lowest BCUT2D eigenvalue weighted by molar-refractivity contribution is -0.134. The third-order valence-corrected chi connectivity index (χ3v) is 5.11. The van der Waals surface area contributed by atoms with Crippen molar-refractivity contribution in [3.8, 4) is 0 Å². The number of carbonyl (C=O) groups excluding carboxylic acids is 2. The van der Waals surface area contributed by atoms with Crippen molar-refractivity contribution in [2.24, 2.45) is 5.41 Å². The molecule has 1 heterocycles. The monoisotopic (exact) mass is 338 g/mol. The largest absolute Gasteiger partial charge is 0.354 e. The van der Waals surface area contributed by atoms with Gasteiger partial charge >= 0.3 is 0 Å². The molecule has 0 aliphatic carbocycles. The summed E-state index contributed by atoms with van der Waals surface area (Å²) in [7, 11) is 0. The minimum Gasteiger partial charge on any atom is -0.354 e. The molecule has 140 valence electrons. The summed E-state index contributed by atoms with van der Waals surface area (Å²) in [4.78, 5) is 24.5. The summed E-state index contributed by atoms with van der Waals surface area (Å²) in [6, 6.07) is -0.349. The van der Waals surface area contributed by atoms with E-state index in [4.69, 9.17) is 0 Å². The van der Waals surface area contributed by atoms with Gasteiger partial charge in [0, 0.05) is 12.0 Å². The van der Waals surface area contributed by atoms with Crippen LogP contribution in [0.25, 0.3) is 0 Å². The lowest BCUT2D eigenvalue weighted by Gasteiger charge is -2.26. The van der Waals surface area contributed by atoms with Crippen molar-refractivity contribution in [2.45, 2.75) is 104 Å². The first-order valence-corrected chi connectivity index (χ1v) is 10.1. The van der Waals surface area contributed by atoms with Gasteiger partial charge in [-0.25, -0.2) is 0 Å². The van der Waals surface area contributed by atoms with Crippen LogP contribution in [0.1, 0.15) is 97.8 Å². The van der Waals surface area contributed by atoms with Crippen LogP contribution in [0.15, 0.2) is 0 Å². The first-order valence-electron chi connectivity index (χ1n) is 10.1. The topological polar surface area (TPSA) is 58.2 Å².